The maximum absolute atomic E-state index is 10.6. The molecule has 2 rings (SSSR count). The van der Waals surface area contributed by atoms with Crippen molar-refractivity contribution in [3.63, 3.8) is 0 Å². The topological polar surface area (TPSA) is 29.5 Å². The summed E-state index contributed by atoms with van der Waals surface area (Å²) < 4.78 is 6.93. The fourth-order valence-corrected chi connectivity index (χ4v) is 5.83. The summed E-state index contributed by atoms with van der Waals surface area (Å²) in [7, 11) is -1.78. The molecule has 0 aromatic carbocycles. The minimum Gasteiger partial charge on any atom is -0.413 e. The van der Waals surface area contributed by atoms with Gasteiger partial charge in [-0.15, -0.1) is 0 Å². The molecular weight excluding hydrogens is 288 g/mol. The van der Waals surface area contributed by atoms with Crippen molar-refractivity contribution in [3.8, 4) is 0 Å². The number of aliphatic hydroxyl groups is 1. The molecule has 4 atom stereocenters. The molecule has 0 amide bonds. The standard InChI is InChI=1S/C19H38O2Si/c1-17(2,3)22(7,8)21-16-13-18(4,5)12-14-15(20)10-9-11-19(14,16)6/h14-16,20H,9-13H2,1-8H3/t14-,15?,16-,19-/m1/s1. The van der Waals surface area contributed by atoms with Crippen molar-refractivity contribution in [2.45, 2.75) is 104 Å². The number of fused-ring (bicyclic) bond motifs is 1. The second kappa shape index (κ2) is 5.60. The first-order valence-electron chi connectivity index (χ1n) is 9.14. The van der Waals surface area contributed by atoms with E-state index in [-0.39, 0.29) is 22.0 Å². The maximum Gasteiger partial charge on any atom is 0.192 e. The van der Waals surface area contributed by atoms with Gasteiger partial charge in [-0.2, -0.15) is 0 Å². The summed E-state index contributed by atoms with van der Waals surface area (Å²) in [4.78, 5) is 0. The van der Waals surface area contributed by atoms with Gasteiger partial charge in [0.15, 0.2) is 8.32 Å². The smallest absolute Gasteiger partial charge is 0.192 e. The summed E-state index contributed by atoms with van der Waals surface area (Å²) in [5.41, 5.74) is 0.429. The quantitative estimate of drug-likeness (QED) is 0.692. The monoisotopic (exact) mass is 326 g/mol. The van der Waals surface area contributed by atoms with Crippen LogP contribution < -0.4 is 0 Å². The van der Waals surface area contributed by atoms with E-state index in [0.29, 0.717) is 12.0 Å². The van der Waals surface area contributed by atoms with Crippen molar-refractivity contribution in [1.82, 2.24) is 0 Å². The van der Waals surface area contributed by atoms with Crippen LogP contribution in [0.2, 0.25) is 18.1 Å². The zero-order valence-electron chi connectivity index (χ0n) is 16.1. The van der Waals surface area contributed by atoms with Crippen LogP contribution in [0.5, 0.6) is 0 Å². The lowest BCUT2D eigenvalue weighted by Crippen LogP contribution is -2.58. The van der Waals surface area contributed by atoms with Crippen molar-refractivity contribution in [2.75, 3.05) is 0 Å². The number of rotatable bonds is 2. The second-order valence-corrected chi connectivity index (χ2v) is 15.3. The van der Waals surface area contributed by atoms with E-state index in [1.165, 1.54) is 6.42 Å². The molecule has 1 N–H and O–H groups in total. The molecule has 0 bridgehead atoms. The van der Waals surface area contributed by atoms with Gasteiger partial charge in [-0.1, -0.05) is 48.0 Å². The van der Waals surface area contributed by atoms with Crippen molar-refractivity contribution >= 4 is 8.32 Å². The van der Waals surface area contributed by atoms with E-state index >= 15 is 0 Å². The van der Waals surface area contributed by atoms with Crippen LogP contribution in [0.1, 0.15) is 73.6 Å². The third kappa shape index (κ3) is 3.32. The van der Waals surface area contributed by atoms with Crippen LogP contribution in [0, 0.1) is 16.7 Å². The van der Waals surface area contributed by atoms with E-state index < -0.39 is 8.32 Å². The van der Waals surface area contributed by atoms with Gasteiger partial charge in [-0.05, 0) is 60.6 Å². The third-order valence-electron chi connectivity index (χ3n) is 7.02. The lowest BCUT2D eigenvalue weighted by atomic mass is 9.53. The lowest BCUT2D eigenvalue weighted by Gasteiger charge is -2.58. The summed E-state index contributed by atoms with van der Waals surface area (Å²) in [6.07, 6.45) is 5.78. The van der Waals surface area contributed by atoms with Gasteiger partial charge in [0.25, 0.3) is 0 Å². The van der Waals surface area contributed by atoms with E-state index in [1.54, 1.807) is 0 Å². The van der Waals surface area contributed by atoms with Crippen LogP contribution in [-0.4, -0.2) is 25.6 Å². The highest BCUT2D eigenvalue weighted by Gasteiger charge is 2.55. The van der Waals surface area contributed by atoms with Crippen LogP contribution in [0.25, 0.3) is 0 Å². The number of hydrogen-bond acceptors (Lipinski definition) is 2. The van der Waals surface area contributed by atoms with Gasteiger partial charge >= 0.3 is 0 Å². The third-order valence-corrected chi connectivity index (χ3v) is 11.5. The first-order valence-corrected chi connectivity index (χ1v) is 12.1. The molecule has 3 heteroatoms. The predicted octanol–water partition coefficient (Wildman–Crippen LogP) is 5.36. The largest absolute Gasteiger partial charge is 0.413 e. The van der Waals surface area contributed by atoms with Crippen molar-refractivity contribution in [1.29, 1.82) is 0 Å². The Balaban J connectivity index is 2.31. The zero-order valence-corrected chi connectivity index (χ0v) is 17.1. The minimum atomic E-state index is -1.78. The van der Waals surface area contributed by atoms with Crippen LogP contribution in [0.15, 0.2) is 0 Å². The Bertz CT molecular complexity index is 410. The van der Waals surface area contributed by atoms with Crippen LogP contribution in [0.4, 0.5) is 0 Å². The minimum absolute atomic E-state index is 0.135. The molecule has 2 fully saturated rings. The Hall–Kier alpha value is 0.137. The normalized spacial score (nSPS) is 39.4. The Morgan fingerprint density at radius 1 is 1.09 bits per heavy atom. The van der Waals surface area contributed by atoms with Gasteiger partial charge in [0, 0.05) is 0 Å². The highest BCUT2D eigenvalue weighted by molar-refractivity contribution is 6.74. The molecule has 2 aliphatic rings. The highest BCUT2D eigenvalue weighted by atomic mass is 28.4. The Morgan fingerprint density at radius 3 is 2.23 bits per heavy atom. The maximum atomic E-state index is 10.6. The van der Waals surface area contributed by atoms with Crippen molar-refractivity contribution in [3.05, 3.63) is 0 Å². The summed E-state index contributed by atoms with van der Waals surface area (Å²) in [5.74, 6) is 0.403. The Morgan fingerprint density at radius 2 is 1.68 bits per heavy atom. The molecule has 0 aromatic rings. The number of hydrogen-bond donors (Lipinski definition) is 1. The molecule has 0 saturated heterocycles. The van der Waals surface area contributed by atoms with Gasteiger partial charge in [-0.25, -0.2) is 0 Å². The molecule has 1 unspecified atom stereocenters. The summed E-state index contributed by atoms with van der Waals surface area (Å²) in [5, 5.41) is 10.9. The van der Waals surface area contributed by atoms with Crippen LogP contribution >= 0.6 is 0 Å². The molecule has 0 aromatic heterocycles. The van der Waals surface area contributed by atoms with E-state index in [9.17, 15) is 5.11 Å². The van der Waals surface area contributed by atoms with Gasteiger partial charge in [-0.3, -0.25) is 0 Å². The van der Waals surface area contributed by atoms with Gasteiger partial charge in [0.05, 0.1) is 12.2 Å². The Labute approximate surface area is 139 Å². The molecule has 2 aliphatic carbocycles. The molecule has 130 valence electrons. The molecule has 2 nitrogen and oxygen atoms in total. The summed E-state index contributed by atoms with van der Waals surface area (Å²) in [6, 6.07) is 0. The van der Waals surface area contributed by atoms with E-state index in [4.69, 9.17) is 4.43 Å². The number of aliphatic hydroxyl groups excluding tert-OH is 1. The molecule has 0 radical (unpaired) electrons. The van der Waals surface area contributed by atoms with Gasteiger partial charge < -0.3 is 9.53 Å². The predicted molar refractivity (Wildman–Crippen MR) is 96.5 cm³/mol. The SMILES string of the molecule is CC1(C)C[C@@H]2C(O)CCC[C@@]2(C)[C@H](O[Si](C)(C)C(C)(C)C)C1. The van der Waals surface area contributed by atoms with Gasteiger partial charge in [0.1, 0.15) is 0 Å². The van der Waals surface area contributed by atoms with E-state index in [0.717, 1.165) is 25.7 Å². The summed E-state index contributed by atoms with van der Waals surface area (Å²) in [6.45, 7) is 18.8. The molecule has 0 aliphatic heterocycles. The molecular formula is C19H38O2Si. The van der Waals surface area contributed by atoms with E-state index in [2.05, 4.69) is 54.6 Å². The second-order valence-electron chi connectivity index (χ2n) is 10.5. The molecule has 0 spiro atoms. The van der Waals surface area contributed by atoms with Crippen LogP contribution in [-0.2, 0) is 4.43 Å². The summed E-state index contributed by atoms with van der Waals surface area (Å²) >= 11 is 0. The lowest BCUT2D eigenvalue weighted by molar-refractivity contribution is -0.139. The average Bonchev–Trinajstić information content (AvgIpc) is 2.30. The van der Waals surface area contributed by atoms with E-state index in [1.807, 2.05) is 0 Å². The zero-order chi connectivity index (χ0) is 17.0. The Kier molecular flexibility index (Phi) is 4.70. The van der Waals surface area contributed by atoms with Gasteiger partial charge in [0.2, 0.25) is 0 Å². The average molecular weight is 327 g/mol. The molecule has 22 heavy (non-hydrogen) atoms. The van der Waals surface area contributed by atoms with Crippen molar-refractivity contribution in [2.24, 2.45) is 16.7 Å². The van der Waals surface area contributed by atoms with Crippen LogP contribution in [0.3, 0.4) is 0 Å². The molecule has 0 heterocycles. The fourth-order valence-electron chi connectivity index (χ4n) is 4.41. The molecule has 2 saturated carbocycles. The first kappa shape index (κ1) is 18.5. The fraction of sp³-hybridized carbons (Fsp3) is 1.00. The first-order chi connectivity index (χ1) is 9.79. The van der Waals surface area contributed by atoms with Crippen molar-refractivity contribution < 1.29 is 9.53 Å². The highest BCUT2D eigenvalue weighted by Crippen LogP contribution is 2.57.